The molecule has 0 radical (unpaired) electrons. The van der Waals surface area contributed by atoms with Crippen molar-refractivity contribution in [2.24, 2.45) is 0 Å². The molecule has 41 heavy (non-hydrogen) atoms. The second-order valence-corrected chi connectivity index (χ2v) is 14.7. The van der Waals surface area contributed by atoms with E-state index in [1.807, 2.05) is 12.1 Å². The van der Waals surface area contributed by atoms with Crippen LogP contribution < -0.4 is 0 Å². The third-order valence-corrected chi connectivity index (χ3v) is 8.81. The summed E-state index contributed by atoms with van der Waals surface area (Å²) in [5.74, 6) is 0.629. The summed E-state index contributed by atoms with van der Waals surface area (Å²) in [6.45, 7) is 21.8. The first-order valence-corrected chi connectivity index (χ1v) is 14.8. The molecule has 0 saturated heterocycles. The molecule has 0 heterocycles. The minimum atomic E-state index is -0.264. The Balaban J connectivity index is 1.94. The van der Waals surface area contributed by atoms with Crippen LogP contribution in [0, 0.1) is 0 Å². The van der Waals surface area contributed by atoms with E-state index < -0.39 is 0 Å². The molecule has 2 nitrogen and oxygen atoms in total. The van der Waals surface area contributed by atoms with Crippen molar-refractivity contribution in [3.8, 4) is 11.5 Å². The summed E-state index contributed by atoms with van der Waals surface area (Å²) in [7, 11) is 0. The Morgan fingerprint density at radius 1 is 0.439 bits per heavy atom. The summed E-state index contributed by atoms with van der Waals surface area (Å²) in [5.41, 5.74) is 7.23. The Bertz CT molecular complexity index is 1400. The fraction of sp³-hybridized carbons (Fsp3) is 0.385. The molecule has 0 fully saturated rings. The molecular weight excluding hydrogens is 500 g/mol. The zero-order chi connectivity index (χ0) is 30.4. The van der Waals surface area contributed by atoms with Gasteiger partial charge in [0.05, 0.1) is 0 Å². The standard InChI is InChI=1S/C39H48O2/c1-36(2,3)32-24-30(38(7,8)28-17-13-11-14-18-28)22-26(34(32)40)21-27-23-31(25-33(35(27)41)37(4,5)6)39(9,10)29-19-15-12-16-20-29/h11-20,22-25,40-41H,21H2,1-10H3. The molecule has 0 bridgehead atoms. The maximum atomic E-state index is 11.7. The van der Waals surface area contributed by atoms with E-state index in [1.54, 1.807) is 0 Å². The van der Waals surface area contributed by atoms with E-state index in [0.29, 0.717) is 17.9 Å². The van der Waals surface area contributed by atoms with E-state index in [0.717, 1.165) is 33.4 Å². The first-order valence-electron chi connectivity index (χ1n) is 14.8. The molecule has 4 aromatic rings. The van der Waals surface area contributed by atoms with Gasteiger partial charge >= 0.3 is 0 Å². The van der Waals surface area contributed by atoms with Crippen LogP contribution in [0.2, 0.25) is 0 Å². The lowest BCUT2D eigenvalue weighted by Gasteiger charge is -2.32. The largest absolute Gasteiger partial charge is 0.507 e. The minimum absolute atomic E-state index is 0.253. The molecule has 4 rings (SSSR count). The Morgan fingerprint density at radius 3 is 1.05 bits per heavy atom. The van der Waals surface area contributed by atoms with Crippen molar-refractivity contribution >= 4 is 0 Å². The van der Waals surface area contributed by atoms with Crippen LogP contribution in [-0.4, -0.2) is 10.2 Å². The average molecular weight is 549 g/mol. The SMILES string of the molecule is CC(C)(C)c1cc(C(C)(C)c2ccccc2)cc(Cc2cc(C(C)(C)c3ccccc3)cc(C(C)(C)C)c2O)c1O. The van der Waals surface area contributed by atoms with Crippen LogP contribution in [-0.2, 0) is 28.1 Å². The highest BCUT2D eigenvalue weighted by atomic mass is 16.3. The predicted molar refractivity (Wildman–Crippen MR) is 174 cm³/mol. The Hall–Kier alpha value is -3.52. The third-order valence-electron chi connectivity index (χ3n) is 8.81. The van der Waals surface area contributed by atoms with Crippen LogP contribution in [0.4, 0.5) is 0 Å². The molecule has 0 aliphatic heterocycles. The van der Waals surface area contributed by atoms with Gasteiger partial charge in [-0.05, 0) is 55.3 Å². The van der Waals surface area contributed by atoms with E-state index in [4.69, 9.17) is 0 Å². The summed E-state index contributed by atoms with van der Waals surface area (Å²) in [5, 5.41) is 23.4. The number of benzene rings is 4. The number of phenols is 2. The van der Waals surface area contributed by atoms with Gasteiger partial charge in [-0.3, -0.25) is 0 Å². The van der Waals surface area contributed by atoms with Gasteiger partial charge in [-0.15, -0.1) is 0 Å². The topological polar surface area (TPSA) is 40.5 Å². The monoisotopic (exact) mass is 548 g/mol. The van der Waals surface area contributed by atoms with E-state index in [-0.39, 0.29) is 21.7 Å². The number of rotatable bonds is 6. The van der Waals surface area contributed by atoms with Crippen LogP contribution in [0.5, 0.6) is 11.5 Å². The molecule has 0 aliphatic carbocycles. The zero-order valence-corrected chi connectivity index (χ0v) is 26.7. The van der Waals surface area contributed by atoms with Crippen LogP contribution in [0.25, 0.3) is 0 Å². The highest BCUT2D eigenvalue weighted by molar-refractivity contribution is 5.56. The lowest BCUT2D eigenvalue weighted by atomic mass is 9.73. The van der Waals surface area contributed by atoms with Crippen molar-refractivity contribution in [1.82, 2.24) is 0 Å². The molecule has 0 saturated carbocycles. The van der Waals surface area contributed by atoms with E-state index in [9.17, 15) is 10.2 Å². The van der Waals surface area contributed by atoms with Crippen molar-refractivity contribution in [2.75, 3.05) is 0 Å². The number of hydrogen-bond acceptors (Lipinski definition) is 2. The summed E-state index contributed by atoms with van der Waals surface area (Å²) < 4.78 is 0. The van der Waals surface area contributed by atoms with Gasteiger partial charge in [0.25, 0.3) is 0 Å². The average Bonchev–Trinajstić information content (AvgIpc) is 2.90. The van der Waals surface area contributed by atoms with Crippen LogP contribution in [0.1, 0.15) is 114 Å². The lowest BCUT2D eigenvalue weighted by molar-refractivity contribution is 0.433. The first kappa shape index (κ1) is 30.4. The fourth-order valence-electron chi connectivity index (χ4n) is 5.77. The summed E-state index contributed by atoms with van der Waals surface area (Å²) in [6, 6.07) is 29.7. The normalized spacial score (nSPS) is 12.9. The maximum absolute atomic E-state index is 11.7. The number of phenolic OH excluding ortho intramolecular Hbond substituents is 2. The Morgan fingerprint density at radius 2 is 0.756 bits per heavy atom. The second-order valence-electron chi connectivity index (χ2n) is 14.7. The molecule has 0 atom stereocenters. The van der Waals surface area contributed by atoms with Crippen molar-refractivity contribution < 1.29 is 10.2 Å². The molecule has 0 amide bonds. The molecule has 0 spiro atoms. The molecule has 216 valence electrons. The van der Waals surface area contributed by atoms with E-state index >= 15 is 0 Å². The van der Waals surface area contributed by atoms with Gasteiger partial charge in [0.1, 0.15) is 11.5 Å². The smallest absolute Gasteiger partial charge is 0.122 e. The van der Waals surface area contributed by atoms with Gasteiger partial charge in [-0.25, -0.2) is 0 Å². The van der Waals surface area contributed by atoms with Crippen molar-refractivity contribution in [3.63, 3.8) is 0 Å². The molecular formula is C39H48O2. The van der Waals surface area contributed by atoms with Gasteiger partial charge in [-0.2, -0.15) is 0 Å². The van der Waals surface area contributed by atoms with Gasteiger partial charge in [0.15, 0.2) is 0 Å². The van der Waals surface area contributed by atoms with Gasteiger partial charge in [0, 0.05) is 17.3 Å². The highest BCUT2D eigenvalue weighted by Crippen LogP contribution is 2.44. The predicted octanol–water partition coefficient (Wildman–Crippen LogP) is 9.94. The molecule has 0 unspecified atom stereocenters. The van der Waals surface area contributed by atoms with Crippen LogP contribution >= 0.6 is 0 Å². The number of hydrogen-bond donors (Lipinski definition) is 2. The quantitative estimate of drug-likeness (QED) is 0.252. The van der Waals surface area contributed by atoms with E-state index in [2.05, 4.69) is 142 Å². The Kier molecular flexibility index (Phi) is 7.95. The molecule has 2 heteroatoms. The van der Waals surface area contributed by atoms with Crippen LogP contribution in [0.3, 0.4) is 0 Å². The molecule has 0 aliphatic rings. The molecule has 0 aromatic heterocycles. The highest BCUT2D eigenvalue weighted by Gasteiger charge is 2.31. The Labute approximate surface area is 248 Å². The maximum Gasteiger partial charge on any atom is 0.122 e. The summed E-state index contributed by atoms with van der Waals surface area (Å²) in [6.07, 6.45) is 0.432. The lowest BCUT2D eigenvalue weighted by Crippen LogP contribution is -2.22. The number of aromatic hydroxyl groups is 2. The summed E-state index contributed by atoms with van der Waals surface area (Å²) >= 11 is 0. The molecule has 4 aromatic carbocycles. The second kappa shape index (κ2) is 10.7. The van der Waals surface area contributed by atoms with Crippen molar-refractivity contribution in [2.45, 2.75) is 97.3 Å². The van der Waals surface area contributed by atoms with Crippen molar-refractivity contribution in [1.29, 1.82) is 0 Å². The fourth-order valence-corrected chi connectivity index (χ4v) is 5.77. The van der Waals surface area contributed by atoms with E-state index in [1.165, 1.54) is 11.1 Å². The first-order chi connectivity index (χ1) is 18.9. The minimum Gasteiger partial charge on any atom is -0.507 e. The summed E-state index contributed by atoms with van der Waals surface area (Å²) in [4.78, 5) is 0. The zero-order valence-electron chi connectivity index (χ0n) is 26.7. The third kappa shape index (κ3) is 6.08. The molecule has 2 N–H and O–H groups in total. The van der Waals surface area contributed by atoms with Gasteiger partial charge < -0.3 is 10.2 Å². The van der Waals surface area contributed by atoms with Gasteiger partial charge in [0.2, 0.25) is 0 Å². The van der Waals surface area contributed by atoms with Gasteiger partial charge in [-0.1, -0.05) is 154 Å². The van der Waals surface area contributed by atoms with Crippen molar-refractivity contribution in [3.05, 3.63) is 129 Å². The van der Waals surface area contributed by atoms with Crippen LogP contribution in [0.15, 0.2) is 84.9 Å².